The largest absolute Gasteiger partial charge is 0.385 e. The van der Waals surface area contributed by atoms with E-state index in [2.05, 4.69) is 37.1 Å². The summed E-state index contributed by atoms with van der Waals surface area (Å²) < 4.78 is 6.06. The van der Waals surface area contributed by atoms with Gasteiger partial charge in [-0.3, -0.25) is 4.98 Å². The molecule has 3 nitrogen and oxygen atoms in total. The monoisotopic (exact) mass is 276 g/mol. The number of nitrogens with zero attached hydrogens (tertiary/aromatic N) is 1. The summed E-state index contributed by atoms with van der Waals surface area (Å²) in [6.07, 6.45) is 7.08. The van der Waals surface area contributed by atoms with Crippen LogP contribution < -0.4 is 5.32 Å². The lowest BCUT2D eigenvalue weighted by atomic mass is 9.80. The minimum Gasteiger partial charge on any atom is -0.385 e. The zero-order valence-corrected chi connectivity index (χ0v) is 13.1. The number of ether oxygens (including phenoxy) is 1. The van der Waals surface area contributed by atoms with E-state index >= 15 is 0 Å². The van der Waals surface area contributed by atoms with Crippen LogP contribution in [0, 0.1) is 11.8 Å². The molecular formula is C17H28N2O. The molecule has 0 spiro atoms. The first kappa shape index (κ1) is 15.3. The molecule has 20 heavy (non-hydrogen) atoms. The summed E-state index contributed by atoms with van der Waals surface area (Å²) >= 11 is 0. The summed E-state index contributed by atoms with van der Waals surface area (Å²) in [6.45, 7) is 8.50. The lowest BCUT2D eigenvalue weighted by molar-refractivity contribution is -0.00873. The third-order valence-corrected chi connectivity index (χ3v) is 4.41. The Morgan fingerprint density at radius 3 is 2.90 bits per heavy atom. The van der Waals surface area contributed by atoms with Crippen molar-refractivity contribution in [2.45, 2.75) is 59.2 Å². The number of anilines is 1. The number of hydrogen-bond acceptors (Lipinski definition) is 3. The van der Waals surface area contributed by atoms with Crippen molar-refractivity contribution in [3.63, 3.8) is 0 Å². The second-order valence-electron chi connectivity index (χ2n) is 6.16. The molecule has 0 aromatic carbocycles. The van der Waals surface area contributed by atoms with Crippen molar-refractivity contribution in [3.05, 3.63) is 24.0 Å². The van der Waals surface area contributed by atoms with Gasteiger partial charge in [0.15, 0.2) is 0 Å². The maximum absolute atomic E-state index is 6.06. The summed E-state index contributed by atoms with van der Waals surface area (Å²) in [4.78, 5) is 4.40. The van der Waals surface area contributed by atoms with Crippen LogP contribution in [-0.4, -0.2) is 17.6 Å². The van der Waals surface area contributed by atoms with E-state index in [1.165, 1.54) is 19.3 Å². The number of aromatic nitrogens is 1. The van der Waals surface area contributed by atoms with Crippen LogP contribution in [0.5, 0.6) is 0 Å². The van der Waals surface area contributed by atoms with Crippen LogP contribution in [0.3, 0.4) is 0 Å². The Balaban J connectivity index is 1.81. The molecule has 1 aliphatic carbocycles. The van der Waals surface area contributed by atoms with Crippen LogP contribution >= 0.6 is 0 Å². The highest BCUT2D eigenvalue weighted by Gasteiger charge is 2.24. The van der Waals surface area contributed by atoms with Crippen molar-refractivity contribution in [3.8, 4) is 0 Å². The van der Waals surface area contributed by atoms with Crippen LogP contribution in [0.4, 0.5) is 5.69 Å². The molecule has 1 aromatic rings. The van der Waals surface area contributed by atoms with Gasteiger partial charge in [-0.1, -0.05) is 20.8 Å². The zero-order valence-electron chi connectivity index (χ0n) is 13.1. The van der Waals surface area contributed by atoms with Crippen molar-refractivity contribution in [1.82, 2.24) is 4.98 Å². The number of nitrogens with one attached hydrogen (secondary N) is 1. The quantitative estimate of drug-likeness (QED) is 0.843. The third kappa shape index (κ3) is 4.48. The highest BCUT2D eigenvalue weighted by Crippen LogP contribution is 2.31. The highest BCUT2D eigenvalue weighted by molar-refractivity contribution is 5.42. The van der Waals surface area contributed by atoms with Gasteiger partial charge in [0.2, 0.25) is 0 Å². The van der Waals surface area contributed by atoms with Gasteiger partial charge in [-0.05, 0) is 49.7 Å². The van der Waals surface area contributed by atoms with Crippen molar-refractivity contribution in [2.75, 3.05) is 11.9 Å². The Morgan fingerprint density at radius 1 is 1.30 bits per heavy atom. The van der Waals surface area contributed by atoms with Gasteiger partial charge in [-0.2, -0.15) is 0 Å². The molecule has 112 valence electrons. The van der Waals surface area contributed by atoms with E-state index in [9.17, 15) is 0 Å². The third-order valence-electron chi connectivity index (χ3n) is 4.41. The lowest BCUT2D eigenvalue weighted by Crippen LogP contribution is -2.26. The van der Waals surface area contributed by atoms with Gasteiger partial charge in [-0.15, -0.1) is 0 Å². The molecule has 3 heteroatoms. The first-order chi connectivity index (χ1) is 9.69. The summed E-state index contributed by atoms with van der Waals surface area (Å²) in [6, 6.07) is 4.12. The summed E-state index contributed by atoms with van der Waals surface area (Å²) in [5.74, 6) is 1.62. The maximum Gasteiger partial charge on any atom is 0.0892 e. The molecule has 0 bridgehead atoms. The van der Waals surface area contributed by atoms with E-state index in [0.717, 1.165) is 36.2 Å². The molecular weight excluding hydrogens is 248 g/mol. The molecule has 1 fully saturated rings. The number of rotatable bonds is 6. The fraction of sp³-hybridized carbons (Fsp3) is 0.706. The molecule has 3 unspecified atom stereocenters. The standard InChI is InChI=1S/C17H28N2O/c1-4-8-18-15-7-9-19-16(11-15)12-20-17-6-5-13(2)14(3)10-17/h7,9,11,13-14,17H,4-6,8,10,12H2,1-3H3,(H,18,19). The molecule has 0 saturated heterocycles. The minimum absolute atomic E-state index is 0.412. The Bertz CT molecular complexity index is 408. The SMILES string of the molecule is CCCNc1ccnc(COC2CCC(C)C(C)C2)c1. The van der Waals surface area contributed by atoms with Crippen LogP contribution in [0.15, 0.2) is 18.3 Å². The van der Waals surface area contributed by atoms with Crippen molar-refractivity contribution in [1.29, 1.82) is 0 Å². The maximum atomic E-state index is 6.06. The number of hydrogen-bond donors (Lipinski definition) is 1. The summed E-state index contributed by atoms with van der Waals surface area (Å²) in [5, 5.41) is 3.39. The van der Waals surface area contributed by atoms with E-state index in [0.29, 0.717) is 12.7 Å². The molecule has 2 rings (SSSR count). The van der Waals surface area contributed by atoms with Crippen LogP contribution in [0.2, 0.25) is 0 Å². The Hall–Kier alpha value is -1.09. The summed E-state index contributed by atoms with van der Waals surface area (Å²) in [7, 11) is 0. The molecule has 1 saturated carbocycles. The summed E-state index contributed by atoms with van der Waals surface area (Å²) in [5.41, 5.74) is 2.17. The van der Waals surface area contributed by atoms with Gasteiger partial charge in [0.25, 0.3) is 0 Å². The van der Waals surface area contributed by atoms with E-state index in [1.807, 2.05) is 12.3 Å². The predicted octanol–water partition coefficient (Wildman–Crippen LogP) is 4.24. The Morgan fingerprint density at radius 2 is 2.15 bits per heavy atom. The average Bonchev–Trinajstić information content (AvgIpc) is 2.47. The molecule has 1 aliphatic rings. The van der Waals surface area contributed by atoms with E-state index in [4.69, 9.17) is 4.74 Å². The topological polar surface area (TPSA) is 34.2 Å². The molecule has 1 heterocycles. The molecule has 0 radical (unpaired) electrons. The van der Waals surface area contributed by atoms with Gasteiger partial charge in [0.05, 0.1) is 18.4 Å². The number of pyridine rings is 1. The van der Waals surface area contributed by atoms with Crippen LogP contribution in [0.1, 0.15) is 52.1 Å². The highest BCUT2D eigenvalue weighted by atomic mass is 16.5. The van der Waals surface area contributed by atoms with Crippen LogP contribution in [0.25, 0.3) is 0 Å². The normalized spacial score (nSPS) is 26.4. The first-order valence-electron chi connectivity index (χ1n) is 7.99. The van der Waals surface area contributed by atoms with Gasteiger partial charge in [0.1, 0.15) is 0 Å². The van der Waals surface area contributed by atoms with Gasteiger partial charge in [-0.25, -0.2) is 0 Å². The average molecular weight is 276 g/mol. The predicted molar refractivity (Wildman–Crippen MR) is 83.8 cm³/mol. The lowest BCUT2D eigenvalue weighted by Gasteiger charge is -2.31. The fourth-order valence-electron chi connectivity index (χ4n) is 2.79. The zero-order chi connectivity index (χ0) is 14.4. The molecule has 3 atom stereocenters. The molecule has 0 aliphatic heterocycles. The first-order valence-corrected chi connectivity index (χ1v) is 7.99. The smallest absolute Gasteiger partial charge is 0.0892 e. The Labute approximate surface area is 123 Å². The van der Waals surface area contributed by atoms with Crippen LogP contribution in [-0.2, 0) is 11.3 Å². The fourth-order valence-corrected chi connectivity index (χ4v) is 2.79. The van der Waals surface area contributed by atoms with Crippen molar-refractivity contribution in [2.24, 2.45) is 11.8 Å². The van der Waals surface area contributed by atoms with Gasteiger partial charge < -0.3 is 10.1 Å². The minimum atomic E-state index is 0.412. The Kier molecular flexibility index (Phi) is 5.84. The second kappa shape index (κ2) is 7.63. The van der Waals surface area contributed by atoms with Crippen molar-refractivity contribution >= 4 is 5.69 Å². The molecule has 0 amide bonds. The van der Waals surface area contributed by atoms with E-state index in [-0.39, 0.29) is 0 Å². The molecule has 1 aromatic heterocycles. The van der Waals surface area contributed by atoms with Crippen molar-refractivity contribution < 1.29 is 4.74 Å². The second-order valence-corrected chi connectivity index (χ2v) is 6.16. The van der Waals surface area contributed by atoms with E-state index in [1.54, 1.807) is 0 Å². The van der Waals surface area contributed by atoms with Gasteiger partial charge >= 0.3 is 0 Å². The van der Waals surface area contributed by atoms with E-state index < -0.39 is 0 Å². The van der Waals surface area contributed by atoms with Gasteiger partial charge in [0, 0.05) is 18.4 Å². The molecule has 1 N–H and O–H groups in total.